The van der Waals surface area contributed by atoms with Gasteiger partial charge >= 0.3 is 0 Å². The lowest BCUT2D eigenvalue weighted by molar-refractivity contribution is -0.119. The fourth-order valence-electron chi connectivity index (χ4n) is 3.76. The van der Waals surface area contributed by atoms with Gasteiger partial charge < -0.3 is 16.0 Å². The molecule has 0 bridgehead atoms. The van der Waals surface area contributed by atoms with E-state index < -0.39 is 21.1 Å². The maximum Gasteiger partial charge on any atom is 0.182 e. The number of H-pyrrole nitrogens is 1. The number of nitrogens with one attached hydrogen (secondary N) is 2. The van der Waals surface area contributed by atoms with Gasteiger partial charge in [-0.25, -0.2) is 18.4 Å². The molecule has 0 unspecified atom stereocenters. The summed E-state index contributed by atoms with van der Waals surface area (Å²) in [7, 11) is -3.50. The number of aromatic amines is 1. The van der Waals surface area contributed by atoms with Gasteiger partial charge in [0.2, 0.25) is 0 Å². The van der Waals surface area contributed by atoms with E-state index in [2.05, 4.69) is 15.3 Å². The molecule has 4 aromatic rings. The van der Waals surface area contributed by atoms with Crippen LogP contribution >= 0.6 is 0 Å². The number of nitrogens with zero attached hydrogens (tertiary/aromatic N) is 2. The van der Waals surface area contributed by atoms with Crippen LogP contribution < -0.4 is 11.1 Å². The largest absolute Gasteiger partial charge is 0.357 e. The van der Waals surface area contributed by atoms with Gasteiger partial charge in [-0.1, -0.05) is 36.4 Å². The minimum absolute atomic E-state index is 0.0198. The number of nitrogens with two attached hydrogens (primary N) is 1. The number of para-hydroxylation sites is 1. The van der Waals surface area contributed by atoms with Crippen molar-refractivity contribution in [1.29, 1.82) is 0 Å². The van der Waals surface area contributed by atoms with Gasteiger partial charge in [-0.2, -0.15) is 0 Å². The molecule has 0 aliphatic rings. The molecule has 0 radical (unpaired) electrons. The lowest BCUT2D eigenvalue weighted by atomic mass is 10.0. The van der Waals surface area contributed by atoms with Crippen LogP contribution in [0.5, 0.6) is 0 Å². The maximum absolute atomic E-state index is 12.9. The van der Waals surface area contributed by atoms with E-state index >= 15 is 0 Å². The zero-order valence-electron chi connectivity index (χ0n) is 19.9. The Hall–Kier alpha value is -3.56. The van der Waals surface area contributed by atoms with Gasteiger partial charge in [0.15, 0.2) is 21.4 Å². The number of anilines is 2. The van der Waals surface area contributed by atoms with Crippen LogP contribution in [0.25, 0.3) is 11.0 Å². The first kappa shape index (κ1) is 24.6. The van der Waals surface area contributed by atoms with Crippen molar-refractivity contribution in [3.8, 4) is 0 Å². The van der Waals surface area contributed by atoms with Gasteiger partial charge in [0.05, 0.1) is 27.4 Å². The molecule has 35 heavy (non-hydrogen) atoms. The summed E-state index contributed by atoms with van der Waals surface area (Å²) in [4.78, 5) is 24.8. The first-order valence-electron chi connectivity index (χ1n) is 11.4. The number of hydrogen-bond acceptors (Lipinski definition) is 7. The Morgan fingerprint density at radius 3 is 2.51 bits per heavy atom. The molecule has 2 aromatic carbocycles. The highest BCUT2D eigenvalue weighted by molar-refractivity contribution is 7.92. The third-order valence-corrected chi connectivity index (χ3v) is 7.97. The third kappa shape index (κ3) is 5.41. The molecule has 9 heteroatoms. The fourth-order valence-corrected chi connectivity index (χ4v) is 4.96. The van der Waals surface area contributed by atoms with E-state index in [4.69, 9.17) is 10.7 Å². The van der Waals surface area contributed by atoms with Gasteiger partial charge in [0.1, 0.15) is 11.3 Å². The average Bonchev–Trinajstić information content (AvgIpc) is 3.28. The summed E-state index contributed by atoms with van der Waals surface area (Å²) < 4.78 is 25.8. The Bertz CT molecular complexity index is 1480. The summed E-state index contributed by atoms with van der Waals surface area (Å²) in [5.41, 5.74) is 9.41. The number of hydrogen-bond donors (Lipinski definition) is 3. The van der Waals surface area contributed by atoms with Gasteiger partial charge in [-0.15, -0.1) is 0 Å². The quantitative estimate of drug-likeness (QED) is 0.323. The number of carbonyl (C=O) groups is 1. The number of ketones is 1. The van der Waals surface area contributed by atoms with E-state index in [0.717, 1.165) is 11.1 Å². The van der Waals surface area contributed by atoms with E-state index in [1.165, 1.54) is 0 Å². The van der Waals surface area contributed by atoms with Crippen molar-refractivity contribution in [3.63, 3.8) is 0 Å². The van der Waals surface area contributed by atoms with Crippen molar-refractivity contribution in [3.05, 3.63) is 77.7 Å². The molecule has 0 fully saturated rings. The normalized spacial score (nSPS) is 12.7. The molecular formula is C26H29N5O3S. The van der Waals surface area contributed by atoms with E-state index in [1.54, 1.807) is 51.2 Å². The molecule has 4 N–H and O–H groups in total. The van der Waals surface area contributed by atoms with Gasteiger partial charge in [-0.3, -0.25) is 4.79 Å². The smallest absolute Gasteiger partial charge is 0.182 e. The van der Waals surface area contributed by atoms with Crippen LogP contribution in [0.4, 0.5) is 11.5 Å². The van der Waals surface area contributed by atoms with E-state index in [1.807, 2.05) is 30.3 Å². The third-order valence-electron chi connectivity index (χ3n) is 5.76. The molecule has 0 amide bonds. The van der Waals surface area contributed by atoms with Crippen molar-refractivity contribution in [2.24, 2.45) is 5.73 Å². The van der Waals surface area contributed by atoms with Gasteiger partial charge in [0.25, 0.3) is 0 Å². The summed E-state index contributed by atoms with van der Waals surface area (Å²) in [6.45, 7) is 5.01. The average molecular weight is 492 g/mol. The lowest BCUT2D eigenvalue weighted by Gasteiger charge is -2.15. The molecule has 0 saturated carbocycles. The predicted molar refractivity (Wildman–Crippen MR) is 138 cm³/mol. The predicted octanol–water partition coefficient (Wildman–Crippen LogP) is 3.93. The van der Waals surface area contributed by atoms with E-state index in [-0.39, 0.29) is 17.1 Å². The zero-order valence-corrected chi connectivity index (χ0v) is 20.8. The Kier molecular flexibility index (Phi) is 7.00. The topological polar surface area (TPSA) is 131 Å². The molecule has 1 atom stereocenters. The van der Waals surface area contributed by atoms with Gasteiger partial charge in [0, 0.05) is 19.0 Å². The molecule has 0 saturated heterocycles. The molecule has 0 aliphatic carbocycles. The molecule has 4 rings (SSSR count). The van der Waals surface area contributed by atoms with Crippen LogP contribution in [-0.4, -0.2) is 40.4 Å². The minimum Gasteiger partial charge on any atom is -0.357 e. The van der Waals surface area contributed by atoms with Crippen molar-refractivity contribution in [2.45, 2.75) is 49.8 Å². The SMILES string of the molecule is CC(C)S(=O)(=O)c1ccccc1Nc1nc(Cc2cccc(CC(=O)[C@H](C)N)c2)nc2cc[nH]c12. The number of benzene rings is 2. The summed E-state index contributed by atoms with van der Waals surface area (Å²) in [6.07, 6.45) is 2.49. The van der Waals surface area contributed by atoms with Crippen molar-refractivity contribution >= 4 is 38.2 Å². The van der Waals surface area contributed by atoms with Crippen LogP contribution in [0.2, 0.25) is 0 Å². The zero-order chi connectivity index (χ0) is 25.2. The number of rotatable bonds is 9. The Labute approximate surface area is 204 Å². The Morgan fingerprint density at radius 1 is 1.03 bits per heavy atom. The van der Waals surface area contributed by atoms with Crippen LogP contribution in [0, 0.1) is 0 Å². The monoisotopic (exact) mass is 491 g/mol. The standard InChI is InChI=1S/C26H29N5O3S/c1-16(2)35(33,34)23-10-5-4-9-20(23)30-26-25-21(11-12-28-25)29-24(31-26)15-19-8-6-7-18(13-19)14-22(32)17(3)27/h4-13,16-17,28H,14-15,27H2,1-3H3,(H,29,30,31)/t17-/m0/s1. The number of Topliss-reactive ketones (excluding diaryl/α,β-unsaturated/α-hetero) is 1. The van der Waals surface area contributed by atoms with Gasteiger partial charge in [-0.05, 0) is 50.1 Å². The van der Waals surface area contributed by atoms with E-state index in [9.17, 15) is 13.2 Å². The molecular weight excluding hydrogens is 462 g/mol. The van der Waals surface area contributed by atoms with E-state index in [0.29, 0.717) is 34.8 Å². The summed E-state index contributed by atoms with van der Waals surface area (Å²) >= 11 is 0. The second kappa shape index (κ2) is 9.97. The summed E-state index contributed by atoms with van der Waals surface area (Å²) in [5, 5.41) is 2.66. The highest BCUT2D eigenvalue weighted by Crippen LogP contribution is 2.30. The Morgan fingerprint density at radius 2 is 1.77 bits per heavy atom. The van der Waals surface area contributed by atoms with Crippen LogP contribution in [-0.2, 0) is 27.5 Å². The van der Waals surface area contributed by atoms with Crippen LogP contribution in [0.1, 0.15) is 37.7 Å². The Balaban J connectivity index is 1.68. The molecule has 0 aliphatic heterocycles. The highest BCUT2D eigenvalue weighted by atomic mass is 32.2. The molecule has 0 spiro atoms. The van der Waals surface area contributed by atoms with Crippen molar-refractivity contribution in [2.75, 3.05) is 5.32 Å². The number of fused-ring (bicyclic) bond motifs is 1. The highest BCUT2D eigenvalue weighted by Gasteiger charge is 2.23. The van der Waals surface area contributed by atoms with Crippen molar-refractivity contribution in [1.82, 2.24) is 15.0 Å². The van der Waals surface area contributed by atoms with Crippen LogP contribution in [0.15, 0.2) is 65.7 Å². The fraction of sp³-hybridized carbons (Fsp3) is 0.269. The molecule has 2 aromatic heterocycles. The second-order valence-electron chi connectivity index (χ2n) is 8.87. The number of sulfone groups is 1. The first-order chi connectivity index (χ1) is 16.6. The lowest BCUT2D eigenvalue weighted by Crippen LogP contribution is -2.28. The first-order valence-corrected chi connectivity index (χ1v) is 13.0. The second-order valence-corrected chi connectivity index (χ2v) is 11.3. The summed E-state index contributed by atoms with van der Waals surface area (Å²) in [5.74, 6) is 1.04. The molecule has 182 valence electrons. The van der Waals surface area contributed by atoms with Crippen molar-refractivity contribution < 1.29 is 13.2 Å². The summed E-state index contributed by atoms with van der Waals surface area (Å²) in [6, 6.07) is 15.9. The number of aromatic nitrogens is 3. The molecule has 2 heterocycles. The van der Waals surface area contributed by atoms with Crippen LogP contribution in [0.3, 0.4) is 0 Å². The minimum atomic E-state index is -3.50. The number of carbonyl (C=O) groups excluding carboxylic acids is 1. The maximum atomic E-state index is 12.9. The molecule has 8 nitrogen and oxygen atoms in total.